The minimum absolute atomic E-state index is 0.0368. The minimum atomic E-state index is -3.40. The smallest absolute Gasteiger partial charge is 0.254 e. The highest BCUT2D eigenvalue weighted by molar-refractivity contribution is 7.93. The maximum absolute atomic E-state index is 13.2. The molecule has 2 fully saturated rings. The Bertz CT molecular complexity index is 1190. The van der Waals surface area contributed by atoms with Crippen LogP contribution in [0, 0.1) is 6.92 Å². The summed E-state index contributed by atoms with van der Waals surface area (Å²) in [6.45, 7) is 6.70. The summed E-state index contributed by atoms with van der Waals surface area (Å²) in [5, 5.41) is 0. The molecule has 0 atom stereocenters. The second-order valence-corrected chi connectivity index (χ2v) is 10.5. The lowest BCUT2D eigenvalue weighted by molar-refractivity contribution is 0.0741. The molecule has 3 heterocycles. The predicted molar refractivity (Wildman–Crippen MR) is 127 cm³/mol. The Labute approximate surface area is 194 Å². The van der Waals surface area contributed by atoms with E-state index >= 15 is 0 Å². The summed E-state index contributed by atoms with van der Waals surface area (Å²) in [7, 11) is -3.40. The summed E-state index contributed by atoms with van der Waals surface area (Å²) >= 11 is 0. The molecule has 10 heteroatoms. The number of carbonyl (C=O) groups is 2. The summed E-state index contributed by atoms with van der Waals surface area (Å²) in [6, 6.07) is 6.63. The fourth-order valence-corrected chi connectivity index (χ4v) is 6.01. The highest BCUT2D eigenvalue weighted by Crippen LogP contribution is 2.27. The molecule has 0 bridgehead atoms. The van der Waals surface area contributed by atoms with Crippen LogP contribution in [0.2, 0.25) is 0 Å². The monoisotopic (exact) mass is 471 g/mol. The second-order valence-electron chi connectivity index (χ2n) is 8.45. The van der Waals surface area contributed by atoms with Crippen molar-refractivity contribution >= 4 is 33.3 Å². The molecule has 2 amide bonds. The normalized spacial score (nSPS) is 17.9. The van der Waals surface area contributed by atoms with Crippen LogP contribution in [0.1, 0.15) is 45.2 Å². The number of nitrogens with two attached hydrogens (primary N) is 1. The number of carbonyl (C=O) groups excluding carboxylic acids is 2. The molecule has 9 nitrogen and oxygen atoms in total. The molecule has 0 saturated carbocycles. The number of amides is 2. The lowest BCUT2D eigenvalue weighted by Gasteiger charge is -2.36. The number of aromatic nitrogens is 1. The van der Waals surface area contributed by atoms with Crippen LogP contribution >= 0.6 is 0 Å². The van der Waals surface area contributed by atoms with Crippen molar-refractivity contribution in [1.82, 2.24) is 9.88 Å². The van der Waals surface area contributed by atoms with Gasteiger partial charge in [-0.05, 0) is 49.1 Å². The van der Waals surface area contributed by atoms with Crippen LogP contribution in [0.4, 0.5) is 11.5 Å². The van der Waals surface area contributed by atoms with E-state index in [9.17, 15) is 18.0 Å². The first-order valence-electron chi connectivity index (χ1n) is 11.1. The second kappa shape index (κ2) is 9.01. The molecule has 1 aromatic heterocycles. The molecule has 2 aliphatic rings. The summed E-state index contributed by atoms with van der Waals surface area (Å²) in [5.41, 5.74) is 8.45. The number of hydrogen-bond acceptors (Lipinski definition) is 6. The van der Waals surface area contributed by atoms with Gasteiger partial charge in [-0.2, -0.15) is 0 Å². The summed E-state index contributed by atoms with van der Waals surface area (Å²) in [4.78, 5) is 33.8. The molecule has 2 aromatic rings. The molecule has 0 aliphatic carbocycles. The molecule has 2 N–H and O–H groups in total. The van der Waals surface area contributed by atoms with E-state index in [0.717, 1.165) is 17.8 Å². The number of nitrogens with zero attached hydrogens (tertiary/aromatic N) is 4. The van der Waals surface area contributed by atoms with Gasteiger partial charge in [-0.3, -0.25) is 13.9 Å². The first kappa shape index (κ1) is 23.0. The van der Waals surface area contributed by atoms with Crippen LogP contribution in [-0.4, -0.2) is 68.6 Å². The van der Waals surface area contributed by atoms with Gasteiger partial charge in [0.15, 0.2) is 0 Å². The van der Waals surface area contributed by atoms with Gasteiger partial charge in [-0.15, -0.1) is 0 Å². The van der Waals surface area contributed by atoms with Crippen LogP contribution in [-0.2, 0) is 16.4 Å². The van der Waals surface area contributed by atoms with Crippen molar-refractivity contribution in [3.05, 3.63) is 52.7 Å². The Morgan fingerprint density at radius 1 is 1.06 bits per heavy atom. The number of anilines is 2. The maximum Gasteiger partial charge on any atom is 0.254 e. The van der Waals surface area contributed by atoms with E-state index in [4.69, 9.17) is 5.73 Å². The number of pyridine rings is 1. The van der Waals surface area contributed by atoms with E-state index in [-0.39, 0.29) is 22.8 Å². The molecule has 2 aliphatic heterocycles. The molecule has 4 rings (SSSR count). The lowest BCUT2D eigenvalue weighted by Crippen LogP contribution is -2.49. The average molecular weight is 472 g/mol. The van der Waals surface area contributed by atoms with E-state index in [1.165, 1.54) is 22.0 Å². The zero-order valence-corrected chi connectivity index (χ0v) is 19.8. The average Bonchev–Trinajstić information content (AvgIpc) is 3.17. The number of piperazine rings is 1. The third kappa shape index (κ3) is 4.52. The van der Waals surface area contributed by atoms with Crippen LogP contribution < -0.4 is 14.9 Å². The van der Waals surface area contributed by atoms with E-state index in [1.807, 2.05) is 13.1 Å². The Balaban J connectivity index is 1.51. The maximum atomic E-state index is 13.2. The van der Waals surface area contributed by atoms with Gasteiger partial charge < -0.3 is 15.5 Å². The van der Waals surface area contributed by atoms with Gasteiger partial charge in [-0.25, -0.2) is 13.4 Å². The standard InChI is InChI=1S/C23H29N5O4S/c1-3-17-13-16(2)22(25-15-17)26-8-10-27(11-9-26)23(30)19-6-5-18(14-20(19)21(24)29)28-7-4-12-33(28,31)32/h5-6,13-15H,3-4,7-12H2,1-2H3,(H2,24,29). The van der Waals surface area contributed by atoms with Gasteiger partial charge in [0.25, 0.3) is 5.91 Å². The van der Waals surface area contributed by atoms with Gasteiger partial charge in [0.05, 0.1) is 22.6 Å². The molecular weight excluding hydrogens is 442 g/mol. The van der Waals surface area contributed by atoms with Crippen molar-refractivity contribution in [2.24, 2.45) is 5.73 Å². The van der Waals surface area contributed by atoms with Crippen molar-refractivity contribution in [2.45, 2.75) is 26.7 Å². The van der Waals surface area contributed by atoms with Gasteiger partial charge in [0, 0.05) is 38.9 Å². The number of primary amides is 1. The summed E-state index contributed by atoms with van der Waals surface area (Å²) in [5.74, 6) is -0.0517. The van der Waals surface area contributed by atoms with Crippen molar-refractivity contribution < 1.29 is 18.0 Å². The molecule has 0 unspecified atom stereocenters. The third-order valence-corrected chi connectivity index (χ3v) is 8.14. The SMILES string of the molecule is CCc1cnc(N2CCN(C(=O)c3ccc(N4CCCS4(=O)=O)cc3C(N)=O)CC2)c(C)c1. The summed E-state index contributed by atoms with van der Waals surface area (Å²) in [6.07, 6.45) is 3.34. The van der Waals surface area contributed by atoms with Crippen molar-refractivity contribution in [3.63, 3.8) is 0 Å². The predicted octanol–water partition coefficient (Wildman–Crippen LogP) is 1.55. The molecular formula is C23H29N5O4S. The molecule has 0 radical (unpaired) electrons. The molecule has 2 saturated heterocycles. The Morgan fingerprint density at radius 2 is 1.79 bits per heavy atom. The third-order valence-electron chi connectivity index (χ3n) is 6.27. The highest BCUT2D eigenvalue weighted by atomic mass is 32.2. The van der Waals surface area contributed by atoms with Gasteiger partial charge >= 0.3 is 0 Å². The quantitative estimate of drug-likeness (QED) is 0.707. The first-order chi connectivity index (χ1) is 15.7. The molecule has 176 valence electrons. The highest BCUT2D eigenvalue weighted by Gasteiger charge is 2.31. The van der Waals surface area contributed by atoms with Crippen LogP contribution in [0.15, 0.2) is 30.5 Å². The zero-order valence-electron chi connectivity index (χ0n) is 19.0. The van der Waals surface area contributed by atoms with Gasteiger partial charge in [0.1, 0.15) is 5.82 Å². The van der Waals surface area contributed by atoms with E-state index in [0.29, 0.717) is 44.8 Å². The Kier molecular flexibility index (Phi) is 6.29. The number of sulfonamides is 1. The Morgan fingerprint density at radius 3 is 2.36 bits per heavy atom. The summed E-state index contributed by atoms with van der Waals surface area (Å²) < 4.78 is 25.8. The van der Waals surface area contributed by atoms with E-state index in [2.05, 4.69) is 22.9 Å². The van der Waals surface area contributed by atoms with Crippen LogP contribution in [0.5, 0.6) is 0 Å². The minimum Gasteiger partial charge on any atom is -0.366 e. The van der Waals surface area contributed by atoms with E-state index < -0.39 is 15.9 Å². The van der Waals surface area contributed by atoms with Crippen LogP contribution in [0.25, 0.3) is 0 Å². The molecule has 33 heavy (non-hydrogen) atoms. The van der Waals surface area contributed by atoms with Gasteiger partial charge in [0.2, 0.25) is 15.9 Å². The number of hydrogen-bond donors (Lipinski definition) is 1. The number of rotatable bonds is 5. The number of aryl methyl sites for hydroxylation is 2. The van der Waals surface area contributed by atoms with E-state index in [1.54, 1.807) is 11.0 Å². The Hall–Kier alpha value is -3.14. The zero-order chi connectivity index (χ0) is 23.8. The van der Waals surface area contributed by atoms with Gasteiger partial charge in [-0.1, -0.05) is 13.0 Å². The fourth-order valence-electron chi connectivity index (χ4n) is 4.45. The number of benzene rings is 1. The molecule has 0 spiro atoms. The van der Waals surface area contributed by atoms with Crippen LogP contribution in [0.3, 0.4) is 0 Å². The topological polar surface area (TPSA) is 117 Å². The van der Waals surface area contributed by atoms with Crippen molar-refractivity contribution in [3.8, 4) is 0 Å². The molecule has 1 aromatic carbocycles. The fraction of sp³-hybridized carbons (Fsp3) is 0.435. The first-order valence-corrected chi connectivity index (χ1v) is 12.8. The van der Waals surface area contributed by atoms with Crippen molar-refractivity contribution in [1.29, 1.82) is 0 Å². The lowest BCUT2D eigenvalue weighted by atomic mass is 10.0. The van der Waals surface area contributed by atoms with Crippen molar-refractivity contribution in [2.75, 3.05) is 47.7 Å². The largest absolute Gasteiger partial charge is 0.366 e.